The Morgan fingerprint density at radius 3 is 2.74 bits per heavy atom. The molecule has 1 aromatic rings. The van der Waals surface area contributed by atoms with E-state index in [1.807, 2.05) is 24.3 Å². The van der Waals surface area contributed by atoms with Gasteiger partial charge < -0.3 is 15.8 Å². The van der Waals surface area contributed by atoms with Crippen molar-refractivity contribution in [3.05, 3.63) is 35.4 Å². The number of oxime groups is 1. The SMILES string of the molecule is CN(Cc1ccccc1C(N)=NO)CC1CCCC1. The van der Waals surface area contributed by atoms with Crippen molar-refractivity contribution in [2.75, 3.05) is 13.6 Å². The number of hydrogen-bond donors (Lipinski definition) is 2. The molecule has 0 aliphatic heterocycles. The molecule has 0 unspecified atom stereocenters. The second-order valence-corrected chi connectivity index (χ2v) is 5.49. The van der Waals surface area contributed by atoms with E-state index in [9.17, 15) is 0 Å². The maximum Gasteiger partial charge on any atom is 0.170 e. The van der Waals surface area contributed by atoms with E-state index in [1.54, 1.807) is 0 Å². The molecule has 1 saturated carbocycles. The summed E-state index contributed by atoms with van der Waals surface area (Å²) in [5.41, 5.74) is 7.65. The maximum absolute atomic E-state index is 8.83. The van der Waals surface area contributed by atoms with E-state index in [-0.39, 0.29) is 5.84 Å². The fourth-order valence-electron chi connectivity index (χ4n) is 2.95. The first-order valence-corrected chi connectivity index (χ1v) is 6.95. The predicted molar refractivity (Wildman–Crippen MR) is 77.2 cm³/mol. The van der Waals surface area contributed by atoms with Gasteiger partial charge in [-0.3, -0.25) is 0 Å². The summed E-state index contributed by atoms with van der Waals surface area (Å²) < 4.78 is 0. The molecule has 4 heteroatoms. The van der Waals surface area contributed by atoms with Crippen LogP contribution in [0.4, 0.5) is 0 Å². The Labute approximate surface area is 114 Å². The minimum absolute atomic E-state index is 0.185. The molecule has 0 heterocycles. The number of benzene rings is 1. The summed E-state index contributed by atoms with van der Waals surface area (Å²) in [4.78, 5) is 2.33. The highest BCUT2D eigenvalue weighted by Gasteiger charge is 2.17. The fourth-order valence-corrected chi connectivity index (χ4v) is 2.95. The highest BCUT2D eigenvalue weighted by molar-refractivity contribution is 5.98. The Kier molecular flexibility index (Phi) is 4.80. The van der Waals surface area contributed by atoms with Gasteiger partial charge in [0.25, 0.3) is 0 Å². The second-order valence-electron chi connectivity index (χ2n) is 5.49. The molecule has 1 aliphatic rings. The molecule has 1 aromatic carbocycles. The summed E-state index contributed by atoms with van der Waals surface area (Å²) in [5.74, 6) is 1.02. The molecule has 1 fully saturated rings. The summed E-state index contributed by atoms with van der Waals surface area (Å²) in [7, 11) is 2.14. The van der Waals surface area contributed by atoms with E-state index in [0.29, 0.717) is 0 Å². The molecule has 104 valence electrons. The van der Waals surface area contributed by atoms with E-state index >= 15 is 0 Å². The average Bonchev–Trinajstić information content (AvgIpc) is 2.91. The Bertz CT molecular complexity index is 439. The number of amidine groups is 1. The second kappa shape index (κ2) is 6.57. The van der Waals surface area contributed by atoms with Gasteiger partial charge >= 0.3 is 0 Å². The van der Waals surface area contributed by atoms with Crippen molar-refractivity contribution >= 4 is 5.84 Å². The molecule has 0 radical (unpaired) electrons. The topological polar surface area (TPSA) is 61.8 Å². The lowest BCUT2D eigenvalue weighted by atomic mass is 10.0. The molecule has 0 amide bonds. The first-order valence-electron chi connectivity index (χ1n) is 6.95. The zero-order valence-electron chi connectivity index (χ0n) is 11.5. The number of rotatable bonds is 5. The number of nitrogens with two attached hydrogens (primary N) is 1. The molecule has 19 heavy (non-hydrogen) atoms. The lowest BCUT2D eigenvalue weighted by molar-refractivity contribution is 0.271. The predicted octanol–water partition coefficient (Wildman–Crippen LogP) is 2.40. The van der Waals surface area contributed by atoms with Crippen molar-refractivity contribution < 1.29 is 5.21 Å². The summed E-state index contributed by atoms with van der Waals surface area (Å²) in [6, 6.07) is 7.84. The van der Waals surface area contributed by atoms with Crippen LogP contribution < -0.4 is 5.73 Å². The van der Waals surface area contributed by atoms with Crippen molar-refractivity contribution in [3.63, 3.8) is 0 Å². The van der Waals surface area contributed by atoms with E-state index < -0.39 is 0 Å². The van der Waals surface area contributed by atoms with Crippen LogP contribution in [0.25, 0.3) is 0 Å². The molecular weight excluding hydrogens is 238 g/mol. The average molecular weight is 261 g/mol. The molecule has 0 aromatic heterocycles. The van der Waals surface area contributed by atoms with Crippen LogP contribution in [-0.2, 0) is 6.54 Å². The van der Waals surface area contributed by atoms with E-state index in [4.69, 9.17) is 10.9 Å². The van der Waals surface area contributed by atoms with Gasteiger partial charge in [0.05, 0.1) is 0 Å². The zero-order chi connectivity index (χ0) is 13.7. The Balaban J connectivity index is 2.01. The third-order valence-corrected chi connectivity index (χ3v) is 3.89. The van der Waals surface area contributed by atoms with Crippen molar-refractivity contribution in [1.29, 1.82) is 0 Å². The lowest BCUT2D eigenvalue weighted by Gasteiger charge is -2.22. The Hall–Kier alpha value is -1.55. The molecule has 0 spiro atoms. The zero-order valence-corrected chi connectivity index (χ0v) is 11.5. The van der Waals surface area contributed by atoms with Crippen LogP contribution in [0, 0.1) is 5.92 Å². The van der Waals surface area contributed by atoms with Crippen LogP contribution in [0.2, 0.25) is 0 Å². The summed E-state index contributed by atoms with van der Waals surface area (Å²) >= 11 is 0. The van der Waals surface area contributed by atoms with Crippen molar-refractivity contribution in [1.82, 2.24) is 4.90 Å². The van der Waals surface area contributed by atoms with Crippen molar-refractivity contribution in [3.8, 4) is 0 Å². The maximum atomic E-state index is 8.83. The molecular formula is C15H23N3O. The first kappa shape index (κ1) is 13.9. The van der Waals surface area contributed by atoms with Crippen LogP contribution >= 0.6 is 0 Å². The Morgan fingerprint density at radius 1 is 1.37 bits per heavy atom. The monoisotopic (exact) mass is 261 g/mol. The van der Waals surface area contributed by atoms with E-state index in [1.165, 1.54) is 25.7 Å². The molecule has 4 nitrogen and oxygen atoms in total. The van der Waals surface area contributed by atoms with Crippen LogP contribution in [0.3, 0.4) is 0 Å². The lowest BCUT2D eigenvalue weighted by Crippen LogP contribution is -2.26. The van der Waals surface area contributed by atoms with Crippen LogP contribution in [0.1, 0.15) is 36.8 Å². The van der Waals surface area contributed by atoms with Gasteiger partial charge in [-0.1, -0.05) is 42.3 Å². The van der Waals surface area contributed by atoms with Gasteiger partial charge in [-0.25, -0.2) is 0 Å². The van der Waals surface area contributed by atoms with Gasteiger partial charge in [0, 0.05) is 18.7 Å². The molecule has 0 saturated heterocycles. The van der Waals surface area contributed by atoms with E-state index in [2.05, 4.69) is 17.1 Å². The molecule has 1 aliphatic carbocycles. The quantitative estimate of drug-likeness (QED) is 0.370. The minimum Gasteiger partial charge on any atom is -0.409 e. The van der Waals surface area contributed by atoms with Crippen LogP contribution in [0.15, 0.2) is 29.4 Å². The van der Waals surface area contributed by atoms with Crippen LogP contribution in [0.5, 0.6) is 0 Å². The van der Waals surface area contributed by atoms with Gasteiger partial charge in [0.15, 0.2) is 5.84 Å². The highest BCUT2D eigenvalue weighted by atomic mass is 16.4. The third kappa shape index (κ3) is 3.70. The molecule has 3 N–H and O–H groups in total. The minimum atomic E-state index is 0.185. The third-order valence-electron chi connectivity index (χ3n) is 3.89. The van der Waals surface area contributed by atoms with Gasteiger partial charge in [-0.2, -0.15) is 0 Å². The Morgan fingerprint density at radius 2 is 2.05 bits per heavy atom. The normalized spacial score (nSPS) is 17.3. The summed E-state index contributed by atoms with van der Waals surface area (Å²) in [6.45, 7) is 1.97. The highest BCUT2D eigenvalue weighted by Crippen LogP contribution is 2.25. The smallest absolute Gasteiger partial charge is 0.170 e. The summed E-state index contributed by atoms with van der Waals surface area (Å²) in [5, 5.41) is 11.9. The number of hydrogen-bond acceptors (Lipinski definition) is 3. The van der Waals surface area contributed by atoms with Crippen LogP contribution in [-0.4, -0.2) is 29.5 Å². The summed E-state index contributed by atoms with van der Waals surface area (Å²) in [6.07, 6.45) is 5.46. The molecule has 0 bridgehead atoms. The first-order chi connectivity index (χ1) is 9.20. The van der Waals surface area contributed by atoms with Crippen molar-refractivity contribution in [2.45, 2.75) is 32.2 Å². The van der Waals surface area contributed by atoms with Gasteiger partial charge in [0.1, 0.15) is 0 Å². The number of nitrogens with zero attached hydrogens (tertiary/aromatic N) is 2. The van der Waals surface area contributed by atoms with Gasteiger partial charge in [0.2, 0.25) is 0 Å². The van der Waals surface area contributed by atoms with Crippen molar-refractivity contribution in [2.24, 2.45) is 16.8 Å². The fraction of sp³-hybridized carbons (Fsp3) is 0.533. The largest absolute Gasteiger partial charge is 0.409 e. The molecule has 0 atom stereocenters. The standard InChI is InChI=1S/C15H23N3O/c1-18(10-12-6-2-3-7-12)11-13-8-4-5-9-14(13)15(16)17-19/h4-5,8-9,12,19H,2-3,6-7,10-11H2,1H3,(H2,16,17). The van der Waals surface area contributed by atoms with E-state index in [0.717, 1.165) is 30.1 Å². The molecule has 2 rings (SSSR count). The van der Waals surface area contributed by atoms with Gasteiger partial charge in [-0.05, 0) is 31.4 Å². The van der Waals surface area contributed by atoms with Gasteiger partial charge in [-0.15, -0.1) is 0 Å².